The Hall–Kier alpha value is -4.75. The van der Waals surface area contributed by atoms with E-state index in [0.717, 1.165) is 12.8 Å². The number of ether oxygens (including phenoxy) is 4. The van der Waals surface area contributed by atoms with Crippen molar-refractivity contribution in [1.29, 1.82) is 0 Å². The van der Waals surface area contributed by atoms with Crippen LogP contribution in [0.1, 0.15) is 52.0 Å². The smallest absolute Gasteiger partial charge is 0.336 e. The number of esters is 2. The Labute approximate surface area is 261 Å². The number of nitro groups is 1. The minimum Gasteiger partial charge on any atom is -0.490 e. The Bertz CT molecular complexity index is 1430. The van der Waals surface area contributed by atoms with Gasteiger partial charge in [-0.3, -0.25) is 14.9 Å². The van der Waals surface area contributed by atoms with E-state index < -0.39 is 22.8 Å². The lowest BCUT2D eigenvalue weighted by atomic mass is 9.80. The topological polar surface area (TPSA) is 176 Å². The molecule has 2 aliphatic heterocycles. The molecule has 2 atom stereocenters. The highest BCUT2D eigenvalue weighted by Crippen LogP contribution is 2.40. The number of amides is 1. The number of carbonyl (C=O) groups excluding carboxylic acids is 3. The van der Waals surface area contributed by atoms with E-state index in [-0.39, 0.29) is 55.3 Å². The Morgan fingerprint density at radius 1 is 1.04 bits per heavy atom. The molecule has 2 heterocycles. The molecule has 13 nitrogen and oxygen atoms in total. The molecule has 2 unspecified atom stereocenters. The summed E-state index contributed by atoms with van der Waals surface area (Å²) in [6.45, 7) is 7.30. The van der Waals surface area contributed by atoms with Crippen LogP contribution in [0.4, 0.5) is 11.4 Å². The Kier molecular flexibility index (Phi) is 13.1. The number of nitrogens with one attached hydrogen (secondary N) is 2. The van der Waals surface area contributed by atoms with E-state index in [2.05, 4.69) is 10.6 Å². The van der Waals surface area contributed by atoms with Gasteiger partial charge in [0.05, 0.1) is 28.1 Å². The van der Waals surface area contributed by atoms with Crippen molar-refractivity contribution in [2.45, 2.75) is 52.6 Å². The zero-order valence-corrected chi connectivity index (χ0v) is 25.8. The lowest BCUT2D eigenvalue weighted by Gasteiger charge is -2.30. The van der Waals surface area contributed by atoms with Crippen LogP contribution in [0.2, 0.25) is 0 Å². The first-order chi connectivity index (χ1) is 21.5. The van der Waals surface area contributed by atoms with Crippen molar-refractivity contribution in [1.82, 2.24) is 5.32 Å². The number of non-ortho nitro benzene ring substituents is 1. The predicted octanol–water partition coefficient (Wildman–Crippen LogP) is 4.13. The van der Waals surface area contributed by atoms with Gasteiger partial charge in [-0.2, -0.15) is 0 Å². The van der Waals surface area contributed by atoms with Gasteiger partial charge in [-0.05, 0) is 63.4 Å². The molecule has 45 heavy (non-hydrogen) atoms. The van der Waals surface area contributed by atoms with Crippen molar-refractivity contribution in [3.05, 3.63) is 86.7 Å². The maximum atomic E-state index is 13.5. The fraction of sp³-hybridized carbons (Fsp3) is 0.406. The van der Waals surface area contributed by atoms with Crippen LogP contribution >= 0.6 is 0 Å². The number of aliphatic hydroxyl groups is 1. The summed E-state index contributed by atoms with van der Waals surface area (Å²) in [4.78, 5) is 49.1. The molecule has 2 aliphatic rings. The van der Waals surface area contributed by atoms with Crippen molar-refractivity contribution in [3.8, 4) is 5.75 Å². The van der Waals surface area contributed by atoms with Crippen LogP contribution in [-0.2, 0) is 28.6 Å². The van der Waals surface area contributed by atoms with E-state index in [1.807, 2.05) is 0 Å². The summed E-state index contributed by atoms with van der Waals surface area (Å²) in [5, 5.41) is 24.8. The number of allylic oxidation sites excluding steroid dienone is 2. The fourth-order valence-electron chi connectivity index (χ4n) is 4.92. The second-order valence-electron chi connectivity index (χ2n) is 10.2. The minimum atomic E-state index is -0.974. The highest BCUT2D eigenvalue weighted by Gasteiger charge is 2.39. The first-order valence-corrected chi connectivity index (χ1v) is 14.6. The number of rotatable bonds is 11. The number of hydrogen-bond donors (Lipinski definition) is 3. The number of nitro benzene ring substituents is 1. The number of hydrogen-bond acceptors (Lipinski definition) is 11. The van der Waals surface area contributed by atoms with Gasteiger partial charge >= 0.3 is 11.9 Å². The highest BCUT2D eigenvalue weighted by molar-refractivity contribution is 6.00. The van der Waals surface area contributed by atoms with Crippen LogP contribution in [0.3, 0.4) is 0 Å². The zero-order valence-electron chi connectivity index (χ0n) is 25.8. The molecule has 0 aliphatic carbocycles. The molecule has 0 aromatic heterocycles. The molecule has 1 fully saturated rings. The molecule has 242 valence electrons. The van der Waals surface area contributed by atoms with Gasteiger partial charge in [0.2, 0.25) is 5.91 Å². The average Bonchev–Trinajstić information content (AvgIpc) is 3.52. The van der Waals surface area contributed by atoms with Gasteiger partial charge in [0.25, 0.3) is 5.69 Å². The molecule has 1 saturated heterocycles. The fourth-order valence-corrected chi connectivity index (χ4v) is 4.92. The monoisotopic (exact) mass is 625 g/mol. The second kappa shape index (κ2) is 16.9. The van der Waals surface area contributed by atoms with Crippen LogP contribution in [-0.4, -0.2) is 67.0 Å². The molecule has 3 N–H and O–H groups in total. The first kappa shape index (κ1) is 34.7. The van der Waals surface area contributed by atoms with E-state index in [9.17, 15) is 24.5 Å². The van der Waals surface area contributed by atoms with Gasteiger partial charge < -0.3 is 34.7 Å². The third-order valence-electron chi connectivity index (χ3n) is 6.80. The van der Waals surface area contributed by atoms with Crippen LogP contribution in [0.25, 0.3) is 0 Å². The summed E-state index contributed by atoms with van der Waals surface area (Å²) in [6, 6.07) is 12.5. The third-order valence-corrected chi connectivity index (χ3v) is 6.80. The molecule has 0 spiro atoms. The maximum absolute atomic E-state index is 13.5. The van der Waals surface area contributed by atoms with Crippen molar-refractivity contribution >= 4 is 29.2 Å². The van der Waals surface area contributed by atoms with E-state index in [4.69, 9.17) is 24.1 Å². The Morgan fingerprint density at radius 3 is 2.27 bits per heavy atom. The summed E-state index contributed by atoms with van der Waals surface area (Å²) in [5.74, 6) is -2.02. The van der Waals surface area contributed by atoms with Crippen molar-refractivity contribution < 1.29 is 43.4 Å². The van der Waals surface area contributed by atoms with Gasteiger partial charge in [-0.1, -0.05) is 12.1 Å². The molecule has 0 saturated carbocycles. The molecule has 1 amide bonds. The number of carbonyl (C=O) groups is 3. The van der Waals surface area contributed by atoms with Crippen LogP contribution < -0.4 is 15.4 Å². The van der Waals surface area contributed by atoms with Crippen molar-refractivity contribution in [3.63, 3.8) is 0 Å². The standard InChI is InChI=1S/C30H33N3O9.C2H6O/c1-18-26(29(35)41-15-14-40-24-11-9-22(10-12-24)32-20(3)34)28(21-6-4-7-23(16-21)33(37)38)27(19(2)31-18)30(36)42-17-25-8-5-13-39-25;1-2-3/h4,6-7,9-12,16,25,28,31H,5,8,13-15,17H2,1-3H3,(H,32,34);3H,2H2,1H3. The largest absolute Gasteiger partial charge is 0.490 e. The van der Waals surface area contributed by atoms with E-state index in [1.54, 1.807) is 51.1 Å². The first-order valence-electron chi connectivity index (χ1n) is 14.6. The lowest BCUT2D eigenvalue weighted by molar-refractivity contribution is -0.384. The molecule has 4 rings (SSSR count). The van der Waals surface area contributed by atoms with Crippen LogP contribution in [0, 0.1) is 10.1 Å². The molecule has 2 aromatic carbocycles. The molecule has 13 heteroatoms. The second-order valence-corrected chi connectivity index (χ2v) is 10.2. The quantitative estimate of drug-likeness (QED) is 0.142. The number of dihydropyridines is 1. The van der Waals surface area contributed by atoms with Crippen LogP contribution in [0.5, 0.6) is 5.75 Å². The van der Waals surface area contributed by atoms with Gasteiger partial charge in [-0.15, -0.1) is 0 Å². The summed E-state index contributed by atoms with van der Waals surface area (Å²) >= 11 is 0. The summed E-state index contributed by atoms with van der Waals surface area (Å²) in [5.41, 5.74) is 2.00. The summed E-state index contributed by atoms with van der Waals surface area (Å²) in [6.07, 6.45) is 1.45. The van der Waals surface area contributed by atoms with Crippen LogP contribution in [0.15, 0.2) is 71.1 Å². The van der Waals surface area contributed by atoms with E-state index >= 15 is 0 Å². The molecular weight excluding hydrogens is 586 g/mol. The van der Waals surface area contributed by atoms with Gasteiger partial charge in [0, 0.05) is 49.4 Å². The molecular formula is C32H39N3O10. The summed E-state index contributed by atoms with van der Waals surface area (Å²) < 4.78 is 22.3. The minimum absolute atomic E-state index is 0.0393. The lowest BCUT2D eigenvalue weighted by Crippen LogP contribution is -2.33. The number of anilines is 1. The maximum Gasteiger partial charge on any atom is 0.336 e. The van der Waals surface area contributed by atoms with Crippen molar-refractivity contribution in [2.75, 3.05) is 38.4 Å². The number of aliphatic hydroxyl groups excluding tert-OH is 1. The summed E-state index contributed by atoms with van der Waals surface area (Å²) in [7, 11) is 0. The van der Waals surface area contributed by atoms with E-state index in [1.165, 1.54) is 25.1 Å². The normalized spacial score (nSPS) is 17.4. The zero-order chi connectivity index (χ0) is 32.9. The van der Waals surface area contributed by atoms with E-state index in [0.29, 0.717) is 35.0 Å². The third kappa shape index (κ3) is 9.88. The molecule has 0 bridgehead atoms. The average molecular weight is 626 g/mol. The molecule has 0 radical (unpaired) electrons. The van der Waals surface area contributed by atoms with Gasteiger partial charge in [0.15, 0.2) is 0 Å². The van der Waals surface area contributed by atoms with Gasteiger partial charge in [0.1, 0.15) is 25.6 Å². The number of benzene rings is 2. The predicted molar refractivity (Wildman–Crippen MR) is 164 cm³/mol. The SMILES string of the molecule is CC(=O)Nc1ccc(OCCOC(=O)C2=C(C)NC(C)=C(C(=O)OCC3CCCO3)C2c2cccc([N+](=O)[O-])c2)cc1.CCO. The van der Waals surface area contributed by atoms with Crippen molar-refractivity contribution in [2.24, 2.45) is 0 Å². The number of nitrogens with zero attached hydrogens (tertiary/aromatic N) is 1. The molecule has 2 aromatic rings. The highest BCUT2D eigenvalue weighted by atomic mass is 16.6. The van der Waals surface area contributed by atoms with Gasteiger partial charge in [-0.25, -0.2) is 9.59 Å². The Balaban J connectivity index is 0.00000177. The Morgan fingerprint density at radius 2 is 1.69 bits per heavy atom.